The van der Waals surface area contributed by atoms with Gasteiger partial charge in [0.25, 0.3) is 0 Å². The van der Waals surface area contributed by atoms with Gasteiger partial charge in [0.2, 0.25) is 0 Å². The lowest BCUT2D eigenvalue weighted by Gasteiger charge is -2.39. The zero-order valence-corrected chi connectivity index (χ0v) is 24.7. The van der Waals surface area contributed by atoms with E-state index >= 15 is 0 Å². The summed E-state index contributed by atoms with van der Waals surface area (Å²) in [6, 6.07) is 22.4. The second-order valence-electron chi connectivity index (χ2n) is 11.7. The molecule has 0 spiro atoms. The summed E-state index contributed by atoms with van der Waals surface area (Å²) < 4.78 is 2.50. The molecule has 38 heavy (non-hydrogen) atoms. The van der Waals surface area contributed by atoms with Crippen molar-refractivity contribution in [3.05, 3.63) is 90.0 Å². The third-order valence-electron chi connectivity index (χ3n) is 8.52. The number of nitrogens with zero attached hydrogens (tertiary/aromatic N) is 2. The molecule has 0 amide bonds. The molecule has 0 aliphatic heterocycles. The number of hydrogen-bond donors (Lipinski definition) is 0. The van der Waals surface area contributed by atoms with Crippen LogP contribution < -0.4 is 0 Å². The molecule has 2 unspecified atom stereocenters. The van der Waals surface area contributed by atoms with Gasteiger partial charge in [-0.3, -0.25) is 0 Å². The van der Waals surface area contributed by atoms with Gasteiger partial charge in [0.15, 0.2) is 0 Å². The average molecular weight is 515 g/mol. The molecule has 2 aromatic carbocycles. The van der Waals surface area contributed by atoms with Crippen LogP contribution in [0, 0.1) is 0 Å². The SMILES string of the molecule is CCCCCCCCCn1ccnc1C(CCCCCCCC)C(C)(Cc1ccccc1)c1ccccc1. The topological polar surface area (TPSA) is 17.8 Å². The molecule has 3 rings (SSSR count). The van der Waals surface area contributed by atoms with Gasteiger partial charge < -0.3 is 4.57 Å². The Labute approximate surface area is 234 Å². The number of benzene rings is 2. The lowest BCUT2D eigenvalue weighted by molar-refractivity contribution is 0.321. The zero-order valence-electron chi connectivity index (χ0n) is 24.7. The molecule has 1 aromatic heterocycles. The number of aryl methyl sites for hydroxylation is 1. The van der Waals surface area contributed by atoms with Crippen molar-refractivity contribution in [2.45, 2.75) is 135 Å². The van der Waals surface area contributed by atoms with E-state index < -0.39 is 0 Å². The summed E-state index contributed by atoms with van der Waals surface area (Å²) in [5, 5.41) is 0. The molecular formula is C36H54N2. The van der Waals surface area contributed by atoms with Crippen molar-refractivity contribution >= 4 is 0 Å². The molecule has 0 aliphatic rings. The maximum atomic E-state index is 5.08. The first kappa shape index (κ1) is 30.2. The molecule has 0 radical (unpaired) electrons. The first-order chi connectivity index (χ1) is 18.7. The normalized spacial score (nSPS) is 13.9. The standard InChI is InChI=1S/C36H54N2/c1-4-6-8-10-12-14-22-29-38-30-28-37-35(38)34(27-21-13-11-9-7-5-2)36(3,33-25-19-16-20-26-33)31-32-23-17-15-18-24-32/h15-20,23-26,28,30,34H,4-14,21-22,27,29,31H2,1-3H3. The summed E-state index contributed by atoms with van der Waals surface area (Å²) in [6.45, 7) is 8.19. The van der Waals surface area contributed by atoms with Gasteiger partial charge in [-0.2, -0.15) is 0 Å². The van der Waals surface area contributed by atoms with E-state index in [9.17, 15) is 0 Å². The van der Waals surface area contributed by atoms with Crippen LogP contribution in [0.4, 0.5) is 0 Å². The van der Waals surface area contributed by atoms with Crippen LogP contribution in [0.1, 0.15) is 134 Å². The van der Waals surface area contributed by atoms with Crippen LogP contribution in [0.2, 0.25) is 0 Å². The lowest BCUT2D eigenvalue weighted by atomic mass is 9.66. The predicted molar refractivity (Wildman–Crippen MR) is 165 cm³/mol. The molecule has 2 nitrogen and oxygen atoms in total. The Morgan fingerprint density at radius 3 is 1.87 bits per heavy atom. The van der Waals surface area contributed by atoms with Crippen molar-refractivity contribution in [2.75, 3.05) is 0 Å². The minimum Gasteiger partial charge on any atom is -0.335 e. The fourth-order valence-corrected chi connectivity index (χ4v) is 6.19. The monoisotopic (exact) mass is 514 g/mol. The summed E-state index contributed by atoms with van der Waals surface area (Å²) in [5.74, 6) is 1.68. The first-order valence-electron chi connectivity index (χ1n) is 15.8. The fourth-order valence-electron chi connectivity index (χ4n) is 6.19. The second kappa shape index (κ2) is 17.3. The van der Waals surface area contributed by atoms with Gasteiger partial charge in [-0.15, -0.1) is 0 Å². The van der Waals surface area contributed by atoms with Gasteiger partial charge in [0.1, 0.15) is 5.82 Å². The number of aromatic nitrogens is 2. The summed E-state index contributed by atoms with van der Waals surface area (Å²) in [5.41, 5.74) is 2.83. The molecule has 0 aliphatic carbocycles. The summed E-state index contributed by atoms with van der Waals surface area (Å²) in [7, 11) is 0. The Hall–Kier alpha value is -2.35. The summed E-state index contributed by atoms with van der Waals surface area (Å²) in [4.78, 5) is 5.08. The van der Waals surface area contributed by atoms with Crippen LogP contribution in [0.3, 0.4) is 0 Å². The van der Waals surface area contributed by atoms with E-state index in [1.807, 2.05) is 0 Å². The van der Waals surface area contributed by atoms with E-state index in [2.05, 4.69) is 98.4 Å². The zero-order chi connectivity index (χ0) is 26.9. The third-order valence-corrected chi connectivity index (χ3v) is 8.52. The van der Waals surface area contributed by atoms with Crippen LogP contribution in [-0.4, -0.2) is 9.55 Å². The van der Waals surface area contributed by atoms with Crippen molar-refractivity contribution < 1.29 is 0 Å². The molecule has 3 aromatic rings. The van der Waals surface area contributed by atoms with E-state index in [0.717, 1.165) is 13.0 Å². The number of unbranched alkanes of at least 4 members (excludes halogenated alkanes) is 11. The lowest BCUT2D eigenvalue weighted by Crippen LogP contribution is -2.35. The van der Waals surface area contributed by atoms with Gasteiger partial charge in [0.05, 0.1) is 0 Å². The van der Waals surface area contributed by atoms with E-state index in [4.69, 9.17) is 4.98 Å². The van der Waals surface area contributed by atoms with E-state index in [-0.39, 0.29) is 5.41 Å². The Bertz CT molecular complexity index is 977. The molecule has 0 saturated heterocycles. The molecular weight excluding hydrogens is 460 g/mol. The Morgan fingerprint density at radius 2 is 1.24 bits per heavy atom. The number of hydrogen-bond acceptors (Lipinski definition) is 1. The summed E-state index contributed by atoms with van der Waals surface area (Å²) in [6.07, 6.45) is 23.9. The molecule has 0 saturated carbocycles. The van der Waals surface area contributed by atoms with Gasteiger partial charge >= 0.3 is 0 Å². The van der Waals surface area contributed by atoms with Gasteiger partial charge in [-0.1, -0.05) is 158 Å². The van der Waals surface area contributed by atoms with Gasteiger partial charge in [-0.05, 0) is 30.4 Å². The van der Waals surface area contributed by atoms with Crippen LogP contribution in [0.5, 0.6) is 0 Å². The first-order valence-corrected chi connectivity index (χ1v) is 15.8. The summed E-state index contributed by atoms with van der Waals surface area (Å²) >= 11 is 0. The molecule has 2 atom stereocenters. The van der Waals surface area contributed by atoms with Crippen LogP contribution in [0.25, 0.3) is 0 Å². The van der Waals surface area contributed by atoms with Crippen LogP contribution >= 0.6 is 0 Å². The minimum absolute atomic E-state index is 0.0186. The molecule has 208 valence electrons. The van der Waals surface area contributed by atoms with Crippen molar-refractivity contribution in [1.29, 1.82) is 0 Å². The number of imidazole rings is 1. The highest BCUT2D eigenvalue weighted by molar-refractivity contribution is 5.33. The maximum Gasteiger partial charge on any atom is 0.112 e. The Morgan fingerprint density at radius 1 is 0.684 bits per heavy atom. The number of rotatable bonds is 20. The molecule has 2 heteroatoms. The Balaban J connectivity index is 1.83. The Kier molecular flexibility index (Phi) is 13.7. The van der Waals surface area contributed by atoms with Gasteiger partial charge in [0, 0.05) is 30.3 Å². The van der Waals surface area contributed by atoms with E-state index in [1.54, 1.807) is 0 Å². The second-order valence-corrected chi connectivity index (χ2v) is 11.7. The highest BCUT2D eigenvalue weighted by Crippen LogP contribution is 2.44. The minimum atomic E-state index is -0.0186. The largest absolute Gasteiger partial charge is 0.335 e. The molecule has 0 N–H and O–H groups in total. The van der Waals surface area contributed by atoms with Crippen LogP contribution in [0.15, 0.2) is 73.1 Å². The maximum absolute atomic E-state index is 5.08. The van der Waals surface area contributed by atoms with E-state index in [0.29, 0.717) is 5.92 Å². The molecule has 0 bridgehead atoms. The van der Waals surface area contributed by atoms with Crippen molar-refractivity contribution in [1.82, 2.24) is 9.55 Å². The smallest absolute Gasteiger partial charge is 0.112 e. The highest BCUT2D eigenvalue weighted by Gasteiger charge is 2.39. The van der Waals surface area contributed by atoms with Crippen molar-refractivity contribution in [2.24, 2.45) is 0 Å². The fraction of sp³-hybridized carbons (Fsp3) is 0.583. The quantitative estimate of drug-likeness (QED) is 0.137. The molecule has 1 heterocycles. The van der Waals surface area contributed by atoms with E-state index in [1.165, 1.54) is 107 Å². The van der Waals surface area contributed by atoms with Crippen molar-refractivity contribution in [3.63, 3.8) is 0 Å². The van der Waals surface area contributed by atoms with Gasteiger partial charge in [-0.25, -0.2) is 4.98 Å². The van der Waals surface area contributed by atoms with Crippen molar-refractivity contribution in [3.8, 4) is 0 Å². The van der Waals surface area contributed by atoms with Crippen LogP contribution in [-0.2, 0) is 18.4 Å². The predicted octanol–water partition coefficient (Wildman–Crippen LogP) is 10.7. The molecule has 0 fully saturated rings. The third kappa shape index (κ3) is 9.44. The average Bonchev–Trinajstić information content (AvgIpc) is 3.41. The highest BCUT2D eigenvalue weighted by atomic mass is 15.1.